The van der Waals surface area contributed by atoms with E-state index in [2.05, 4.69) is 9.88 Å². The molecular weight excluding hydrogens is 481 g/mol. The number of halogens is 1. The number of methoxy groups -OCH3 is 1. The van der Waals surface area contributed by atoms with Crippen molar-refractivity contribution in [2.75, 3.05) is 57.2 Å². The molecule has 0 bridgehead atoms. The topological polar surface area (TPSA) is 89.0 Å². The third-order valence-corrected chi connectivity index (χ3v) is 8.24. The molecule has 0 N–H and O–H groups in total. The molecule has 0 saturated carbocycles. The normalized spacial score (nSPS) is 14.9. The molecule has 1 aromatic heterocycles. The Morgan fingerprint density at radius 1 is 1.21 bits per heavy atom. The Bertz CT molecular complexity index is 1240. The van der Waals surface area contributed by atoms with Gasteiger partial charge in [0.15, 0.2) is 15.0 Å². The van der Waals surface area contributed by atoms with Crippen LogP contribution in [0.15, 0.2) is 47.4 Å². The van der Waals surface area contributed by atoms with Crippen LogP contribution in [0.3, 0.4) is 0 Å². The van der Waals surface area contributed by atoms with Crippen LogP contribution in [0.2, 0.25) is 0 Å². The molecule has 1 saturated heterocycles. The van der Waals surface area contributed by atoms with Crippen LogP contribution in [0.5, 0.6) is 5.75 Å². The van der Waals surface area contributed by atoms with E-state index in [1.165, 1.54) is 28.4 Å². The summed E-state index contributed by atoms with van der Waals surface area (Å²) in [7, 11) is -2.38. The van der Waals surface area contributed by atoms with Crippen LogP contribution in [0.1, 0.15) is 6.42 Å². The van der Waals surface area contributed by atoms with E-state index >= 15 is 0 Å². The number of hydrogen-bond donors (Lipinski definition) is 0. The van der Waals surface area contributed by atoms with Gasteiger partial charge in [0.25, 0.3) is 0 Å². The van der Waals surface area contributed by atoms with Gasteiger partial charge >= 0.3 is 0 Å². The molecular formula is C23H26FN3O5S2. The lowest BCUT2D eigenvalue weighted by molar-refractivity contribution is -0.116. The molecule has 182 valence electrons. The van der Waals surface area contributed by atoms with Gasteiger partial charge in [0.2, 0.25) is 5.91 Å². The lowest BCUT2D eigenvalue weighted by atomic mass is 10.3. The van der Waals surface area contributed by atoms with Crippen molar-refractivity contribution in [2.24, 2.45) is 0 Å². The van der Waals surface area contributed by atoms with Crippen LogP contribution in [-0.2, 0) is 19.4 Å². The number of fused-ring (bicyclic) bond motifs is 1. The third-order valence-electron chi connectivity index (χ3n) is 5.56. The van der Waals surface area contributed by atoms with Gasteiger partial charge in [-0.05, 0) is 42.8 Å². The third kappa shape index (κ3) is 5.90. The zero-order chi connectivity index (χ0) is 24.1. The van der Waals surface area contributed by atoms with E-state index in [9.17, 15) is 17.6 Å². The first-order chi connectivity index (χ1) is 16.4. The first-order valence-corrected chi connectivity index (χ1v) is 13.4. The molecule has 34 heavy (non-hydrogen) atoms. The Morgan fingerprint density at radius 2 is 1.94 bits per heavy atom. The average Bonchev–Trinajstić information content (AvgIpc) is 3.25. The molecule has 0 radical (unpaired) electrons. The predicted octanol–water partition coefficient (Wildman–Crippen LogP) is 2.97. The number of ether oxygens (including phenoxy) is 2. The Morgan fingerprint density at radius 3 is 2.65 bits per heavy atom. The number of morpholine rings is 1. The maximum Gasteiger partial charge on any atom is 0.244 e. The number of amides is 1. The molecule has 4 rings (SSSR count). The van der Waals surface area contributed by atoms with Gasteiger partial charge < -0.3 is 9.47 Å². The Labute approximate surface area is 201 Å². The van der Waals surface area contributed by atoms with Crippen LogP contribution >= 0.6 is 11.3 Å². The molecule has 2 aromatic carbocycles. The summed E-state index contributed by atoms with van der Waals surface area (Å²) in [4.78, 5) is 21.5. The van der Waals surface area contributed by atoms with E-state index in [0.29, 0.717) is 42.6 Å². The number of carbonyl (C=O) groups is 1. The number of sulfone groups is 1. The van der Waals surface area contributed by atoms with Crippen LogP contribution < -0.4 is 9.64 Å². The van der Waals surface area contributed by atoms with Crippen LogP contribution in [0, 0.1) is 5.82 Å². The zero-order valence-corrected chi connectivity index (χ0v) is 20.4. The lowest BCUT2D eigenvalue weighted by Crippen LogP contribution is -2.40. The molecule has 11 heteroatoms. The van der Waals surface area contributed by atoms with Gasteiger partial charge in [0.05, 0.1) is 35.4 Å². The molecule has 1 amide bonds. The van der Waals surface area contributed by atoms with Crippen molar-refractivity contribution in [3.05, 3.63) is 48.3 Å². The summed E-state index contributed by atoms with van der Waals surface area (Å²) in [6.45, 7) is 4.10. The lowest BCUT2D eigenvalue weighted by Gasteiger charge is -2.27. The fourth-order valence-corrected chi connectivity index (χ4v) is 5.90. The summed E-state index contributed by atoms with van der Waals surface area (Å²) < 4.78 is 50.4. The van der Waals surface area contributed by atoms with Gasteiger partial charge in [-0.1, -0.05) is 11.3 Å². The molecule has 0 spiro atoms. The fourth-order valence-electron chi connectivity index (χ4n) is 3.71. The van der Waals surface area contributed by atoms with Crippen LogP contribution in [0.25, 0.3) is 10.2 Å². The number of benzene rings is 2. The first-order valence-electron chi connectivity index (χ1n) is 10.9. The second-order valence-electron chi connectivity index (χ2n) is 7.90. The van der Waals surface area contributed by atoms with Gasteiger partial charge in [-0.2, -0.15) is 0 Å². The maximum absolute atomic E-state index is 13.3. The van der Waals surface area contributed by atoms with Gasteiger partial charge in [-0.15, -0.1) is 0 Å². The molecule has 3 aromatic rings. The highest BCUT2D eigenvalue weighted by molar-refractivity contribution is 7.92. The highest BCUT2D eigenvalue weighted by atomic mass is 32.2. The Balaban J connectivity index is 1.55. The van der Waals surface area contributed by atoms with Gasteiger partial charge in [0, 0.05) is 32.2 Å². The van der Waals surface area contributed by atoms with E-state index in [1.807, 2.05) is 12.1 Å². The predicted molar refractivity (Wildman–Crippen MR) is 129 cm³/mol. The van der Waals surface area contributed by atoms with Gasteiger partial charge in [0.1, 0.15) is 17.3 Å². The summed E-state index contributed by atoms with van der Waals surface area (Å²) in [6.07, 6.45) is 0.654. The van der Waals surface area contributed by atoms with Crippen LogP contribution in [-0.4, -0.2) is 76.5 Å². The standard InChI is InChI=1S/C23H26FN3O5S2/c1-31-18-5-8-21-20(15-18)25-23(33-21)27(10-2-9-26-11-13-32-14-12-26)22(28)16-34(29,30)19-6-3-17(24)4-7-19/h3-8,15H,2,9-14,16H2,1H3. The van der Waals surface area contributed by atoms with Crippen molar-refractivity contribution in [2.45, 2.75) is 11.3 Å². The smallest absolute Gasteiger partial charge is 0.244 e. The van der Waals surface area contributed by atoms with E-state index in [4.69, 9.17) is 9.47 Å². The van der Waals surface area contributed by atoms with E-state index < -0.39 is 27.3 Å². The molecule has 0 aliphatic carbocycles. The van der Waals surface area contributed by atoms with Crippen LogP contribution in [0.4, 0.5) is 9.52 Å². The van der Waals surface area contributed by atoms with Crippen molar-refractivity contribution >= 4 is 42.4 Å². The number of hydrogen-bond acceptors (Lipinski definition) is 8. The second kappa shape index (κ2) is 10.8. The SMILES string of the molecule is COc1ccc2sc(N(CCCN3CCOCC3)C(=O)CS(=O)(=O)c3ccc(F)cc3)nc2c1. The van der Waals surface area contributed by atoms with Crippen molar-refractivity contribution in [1.29, 1.82) is 0 Å². The number of aromatic nitrogens is 1. The van der Waals surface area contributed by atoms with E-state index in [1.54, 1.807) is 13.2 Å². The average molecular weight is 508 g/mol. The monoisotopic (exact) mass is 507 g/mol. The highest BCUT2D eigenvalue weighted by Crippen LogP contribution is 2.31. The molecule has 0 atom stereocenters. The Kier molecular flexibility index (Phi) is 7.77. The number of rotatable bonds is 9. The Hall–Kier alpha value is -2.60. The van der Waals surface area contributed by atoms with Crippen molar-refractivity contribution in [3.8, 4) is 5.75 Å². The molecule has 0 unspecified atom stereocenters. The summed E-state index contributed by atoms with van der Waals surface area (Å²) in [5, 5.41) is 0.435. The molecule has 8 nitrogen and oxygen atoms in total. The molecule has 1 aliphatic heterocycles. The molecule has 1 fully saturated rings. The fraction of sp³-hybridized carbons (Fsp3) is 0.391. The van der Waals surface area contributed by atoms with Gasteiger partial charge in [-0.3, -0.25) is 14.6 Å². The largest absolute Gasteiger partial charge is 0.497 e. The summed E-state index contributed by atoms with van der Waals surface area (Å²) in [5.41, 5.74) is 0.673. The summed E-state index contributed by atoms with van der Waals surface area (Å²) >= 11 is 1.32. The van der Waals surface area contributed by atoms with E-state index in [0.717, 1.165) is 36.5 Å². The van der Waals surface area contributed by atoms with Crippen molar-refractivity contribution in [3.63, 3.8) is 0 Å². The zero-order valence-electron chi connectivity index (χ0n) is 18.8. The second-order valence-corrected chi connectivity index (χ2v) is 10.9. The summed E-state index contributed by atoms with van der Waals surface area (Å²) in [6, 6.07) is 9.93. The number of thiazole rings is 1. The van der Waals surface area contributed by atoms with E-state index in [-0.39, 0.29) is 4.90 Å². The van der Waals surface area contributed by atoms with Gasteiger partial charge in [-0.25, -0.2) is 17.8 Å². The number of anilines is 1. The van der Waals surface area contributed by atoms with Crippen molar-refractivity contribution in [1.82, 2.24) is 9.88 Å². The molecule has 2 heterocycles. The summed E-state index contributed by atoms with van der Waals surface area (Å²) in [5.74, 6) is -1.19. The van der Waals surface area contributed by atoms with Crippen molar-refractivity contribution < 1.29 is 27.1 Å². The maximum atomic E-state index is 13.3. The minimum atomic E-state index is -3.94. The minimum Gasteiger partial charge on any atom is -0.497 e. The molecule has 1 aliphatic rings. The number of carbonyl (C=O) groups excluding carboxylic acids is 1. The minimum absolute atomic E-state index is 0.0930. The number of nitrogens with zero attached hydrogens (tertiary/aromatic N) is 3. The first kappa shape index (κ1) is 24.5. The quantitative estimate of drug-likeness (QED) is 0.412. The highest BCUT2D eigenvalue weighted by Gasteiger charge is 2.27.